The highest BCUT2D eigenvalue weighted by molar-refractivity contribution is 7.98. The second-order valence-corrected chi connectivity index (χ2v) is 4.12. The highest BCUT2D eigenvalue weighted by atomic mass is 32.2. The maximum atomic E-state index is 5.33. The van der Waals surface area contributed by atoms with Crippen LogP contribution in [0, 0.1) is 12.3 Å². The lowest BCUT2D eigenvalue weighted by Gasteiger charge is -2.09. The van der Waals surface area contributed by atoms with Crippen molar-refractivity contribution in [3.05, 3.63) is 0 Å². The van der Waals surface area contributed by atoms with Crippen LogP contribution in [0.15, 0.2) is 0 Å². The average Bonchev–Trinajstić information content (AvgIpc) is 2.17. The van der Waals surface area contributed by atoms with Crippen LogP contribution in [-0.4, -0.2) is 24.6 Å². The Labute approximate surface area is 87.1 Å². The summed E-state index contributed by atoms with van der Waals surface area (Å²) in [6.45, 7) is 3.18. The largest absolute Gasteiger partial charge is 0.304 e. The van der Waals surface area contributed by atoms with Crippen LogP contribution in [-0.2, 0) is 0 Å². The SMILES string of the molecule is C#CC(CC)NCCCCCSC. The van der Waals surface area contributed by atoms with E-state index in [2.05, 4.69) is 24.4 Å². The molecule has 0 aliphatic heterocycles. The molecular weight excluding hydrogens is 178 g/mol. The first-order chi connectivity index (χ1) is 6.35. The minimum absolute atomic E-state index is 0.278. The molecule has 0 heterocycles. The van der Waals surface area contributed by atoms with Gasteiger partial charge in [-0.1, -0.05) is 19.3 Å². The third-order valence-corrected chi connectivity index (χ3v) is 2.72. The van der Waals surface area contributed by atoms with Crippen LogP contribution < -0.4 is 5.32 Å². The van der Waals surface area contributed by atoms with E-state index in [-0.39, 0.29) is 6.04 Å². The van der Waals surface area contributed by atoms with E-state index < -0.39 is 0 Å². The molecular formula is C11H21NS. The minimum atomic E-state index is 0.278. The molecule has 0 rings (SSSR count). The van der Waals surface area contributed by atoms with Gasteiger partial charge in [-0.25, -0.2) is 0 Å². The Morgan fingerprint density at radius 2 is 2.15 bits per heavy atom. The number of thioether (sulfide) groups is 1. The fourth-order valence-electron chi connectivity index (χ4n) is 1.15. The smallest absolute Gasteiger partial charge is 0.0684 e. The van der Waals surface area contributed by atoms with E-state index in [9.17, 15) is 0 Å². The third-order valence-electron chi connectivity index (χ3n) is 2.03. The van der Waals surface area contributed by atoms with E-state index in [0.29, 0.717) is 0 Å². The number of nitrogens with one attached hydrogen (secondary N) is 1. The summed E-state index contributed by atoms with van der Waals surface area (Å²) in [4.78, 5) is 0. The molecule has 1 atom stereocenters. The quantitative estimate of drug-likeness (QED) is 0.476. The number of rotatable bonds is 8. The van der Waals surface area contributed by atoms with Crippen molar-refractivity contribution in [2.45, 2.75) is 38.6 Å². The summed E-state index contributed by atoms with van der Waals surface area (Å²) in [5.74, 6) is 4.02. The van der Waals surface area contributed by atoms with Gasteiger partial charge in [0.25, 0.3) is 0 Å². The van der Waals surface area contributed by atoms with E-state index >= 15 is 0 Å². The monoisotopic (exact) mass is 199 g/mol. The molecule has 1 N–H and O–H groups in total. The van der Waals surface area contributed by atoms with Gasteiger partial charge in [0.2, 0.25) is 0 Å². The second-order valence-electron chi connectivity index (χ2n) is 3.14. The molecule has 0 fully saturated rings. The summed E-state index contributed by atoms with van der Waals surface area (Å²) < 4.78 is 0. The van der Waals surface area contributed by atoms with Gasteiger partial charge in [0, 0.05) is 0 Å². The van der Waals surface area contributed by atoms with E-state index in [1.807, 2.05) is 11.8 Å². The van der Waals surface area contributed by atoms with Crippen LogP contribution in [0.4, 0.5) is 0 Å². The molecule has 13 heavy (non-hydrogen) atoms. The van der Waals surface area contributed by atoms with Gasteiger partial charge >= 0.3 is 0 Å². The van der Waals surface area contributed by atoms with Crippen LogP contribution in [0.5, 0.6) is 0 Å². The Balaban J connectivity index is 3.11. The molecule has 0 amide bonds. The zero-order valence-corrected chi connectivity index (χ0v) is 9.62. The fourth-order valence-corrected chi connectivity index (χ4v) is 1.64. The third kappa shape index (κ3) is 8.21. The molecule has 0 aromatic carbocycles. The molecule has 0 spiro atoms. The predicted octanol–water partition coefficient (Wildman–Crippen LogP) is 2.52. The van der Waals surface area contributed by atoms with Gasteiger partial charge in [-0.15, -0.1) is 6.42 Å². The zero-order chi connectivity index (χ0) is 9.94. The lowest BCUT2D eigenvalue weighted by atomic mass is 10.2. The summed E-state index contributed by atoms with van der Waals surface area (Å²) in [5, 5.41) is 3.35. The lowest BCUT2D eigenvalue weighted by Crippen LogP contribution is -2.27. The van der Waals surface area contributed by atoms with Crippen LogP contribution in [0.3, 0.4) is 0 Å². The maximum Gasteiger partial charge on any atom is 0.0684 e. The van der Waals surface area contributed by atoms with E-state index in [1.165, 1.54) is 25.0 Å². The van der Waals surface area contributed by atoms with Crippen molar-refractivity contribution in [3.8, 4) is 12.3 Å². The second kappa shape index (κ2) is 9.95. The molecule has 0 bridgehead atoms. The molecule has 1 unspecified atom stereocenters. The van der Waals surface area contributed by atoms with E-state index in [1.54, 1.807) is 0 Å². The van der Waals surface area contributed by atoms with Gasteiger partial charge in [0.15, 0.2) is 0 Å². The molecule has 0 aliphatic rings. The first kappa shape index (κ1) is 12.9. The van der Waals surface area contributed by atoms with Crippen molar-refractivity contribution in [3.63, 3.8) is 0 Å². The summed E-state index contributed by atoms with van der Waals surface area (Å²) in [6.07, 6.45) is 12.4. The van der Waals surface area contributed by atoms with Crippen LogP contribution in [0.2, 0.25) is 0 Å². The highest BCUT2D eigenvalue weighted by Crippen LogP contribution is 2.01. The van der Waals surface area contributed by atoms with Crippen molar-refractivity contribution < 1.29 is 0 Å². The van der Waals surface area contributed by atoms with Crippen molar-refractivity contribution in [2.75, 3.05) is 18.6 Å². The van der Waals surface area contributed by atoms with Crippen molar-refractivity contribution >= 4 is 11.8 Å². The number of unbranched alkanes of at least 4 members (excludes halogenated alkanes) is 2. The molecule has 0 aliphatic carbocycles. The summed E-state index contributed by atoms with van der Waals surface area (Å²) in [7, 11) is 0. The van der Waals surface area contributed by atoms with Gasteiger partial charge in [-0.05, 0) is 37.8 Å². The number of hydrogen-bond acceptors (Lipinski definition) is 2. The molecule has 1 nitrogen and oxygen atoms in total. The molecule has 0 aromatic rings. The topological polar surface area (TPSA) is 12.0 Å². The Morgan fingerprint density at radius 3 is 2.69 bits per heavy atom. The van der Waals surface area contributed by atoms with E-state index in [0.717, 1.165) is 13.0 Å². The molecule has 2 heteroatoms. The first-order valence-corrected chi connectivity index (χ1v) is 6.43. The van der Waals surface area contributed by atoms with Gasteiger partial charge in [-0.2, -0.15) is 11.8 Å². The molecule has 0 radical (unpaired) electrons. The van der Waals surface area contributed by atoms with Crippen LogP contribution in [0.25, 0.3) is 0 Å². The average molecular weight is 199 g/mol. The summed E-state index contributed by atoms with van der Waals surface area (Å²) in [6, 6.07) is 0.278. The molecule has 76 valence electrons. The lowest BCUT2D eigenvalue weighted by molar-refractivity contribution is 0.559. The molecule has 0 aromatic heterocycles. The van der Waals surface area contributed by atoms with Crippen LogP contribution >= 0.6 is 11.8 Å². The minimum Gasteiger partial charge on any atom is -0.304 e. The summed E-state index contributed by atoms with van der Waals surface area (Å²) in [5.41, 5.74) is 0. The maximum absolute atomic E-state index is 5.33. The Kier molecular flexibility index (Phi) is 9.85. The van der Waals surface area contributed by atoms with Crippen molar-refractivity contribution in [1.82, 2.24) is 5.32 Å². The highest BCUT2D eigenvalue weighted by Gasteiger charge is 1.98. The number of terminal acetylenes is 1. The number of hydrogen-bond donors (Lipinski definition) is 1. The van der Waals surface area contributed by atoms with E-state index in [4.69, 9.17) is 6.42 Å². The van der Waals surface area contributed by atoms with Gasteiger partial charge in [-0.3, -0.25) is 0 Å². The van der Waals surface area contributed by atoms with Gasteiger partial charge in [0.05, 0.1) is 6.04 Å². The molecule has 0 saturated carbocycles. The van der Waals surface area contributed by atoms with Crippen LogP contribution in [0.1, 0.15) is 32.6 Å². The first-order valence-electron chi connectivity index (χ1n) is 5.03. The Bertz CT molecular complexity index is 140. The zero-order valence-electron chi connectivity index (χ0n) is 8.81. The standard InChI is InChI=1S/C11H21NS/c1-4-11(5-2)12-9-7-6-8-10-13-3/h1,11-12H,5-10H2,2-3H3. The summed E-state index contributed by atoms with van der Waals surface area (Å²) >= 11 is 1.92. The van der Waals surface area contributed by atoms with Gasteiger partial charge < -0.3 is 5.32 Å². The van der Waals surface area contributed by atoms with Crippen molar-refractivity contribution in [2.24, 2.45) is 0 Å². The fraction of sp³-hybridized carbons (Fsp3) is 0.818. The predicted molar refractivity (Wildman–Crippen MR) is 63.1 cm³/mol. The normalized spacial score (nSPS) is 12.4. The molecule has 0 saturated heterocycles. The Morgan fingerprint density at radius 1 is 1.38 bits per heavy atom. The van der Waals surface area contributed by atoms with Crippen molar-refractivity contribution in [1.29, 1.82) is 0 Å². The van der Waals surface area contributed by atoms with Gasteiger partial charge in [0.1, 0.15) is 0 Å². The Hall–Kier alpha value is -0.130.